The van der Waals surface area contributed by atoms with Gasteiger partial charge >= 0.3 is 17.1 Å². The smallest absolute Gasteiger partial charge is 0.412 e. The summed E-state index contributed by atoms with van der Waals surface area (Å²) in [6, 6.07) is 0. The fraction of sp³-hybridized carbons (Fsp3) is 0.500. The van der Waals surface area contributed by atoms with E-state index in [2.05, 4.69) is 22.8 Å². The summed E-state index contributed by atoms with van der Waals surface area (Å²) >= 11 is 4.16. The largest absolute Gasteiger partial charge is 2.00 e. The molecule has 0 fully saturated rings. The zero-order valence-corrected chi connectivity index (χ0v) is 8.74. The first kappa shape index (κ1) is 17.9. The molecule has 5 N–H and O–H groups in total. The Balaban J connectivity index is -0.000000270. The minimum Gasteiger partial charge on any atom is -0.412 e. The Morgan fingerprint density at radius 3 is 2.00 bits per heavy atom. The topological polar surface area (TPSA) is 91.7 Å². The van der Waals surface area contributed by atoms with Crippen LogP contribution < -0.4 is 0 Å². The van der Waals surface area contributed by atoms with E-state index in [0.717, 1.165) is 17.1 Å². The minimum absolute atomic E-state index is 0. The first-order chi connectivity index (χ1) is 4.25. The van der Waals surface area contributed by atoms with Gasteiger partial charge in [0.1, 0.15) is 0 Å². The molecule has 0 saturated carbocycles. The molecular weight excluding hydrogens is 228 g/mol. The summed E-state index contributed by atoms with van der Waals surface area (Å²) in [5.41, 5.74) is 3.41. The maximum Gasteiger partial charge on any atom is 2.00 e. The molecule has 1 rings (SSSR count). The number of hydrogen-bond acceptors (Lipinski definition) is 2. The van der Waals surface area contributed by atoms with Crippen molar-refractivity contribution in [3.05, 3.63) is 17.0 Å². The van der Waals surface area contributed by atoms with E-state index in [9.17, 15) is 0 Å². The van der Waals surface area contributed by atoms with Gasteiger partial charge in [-0.15, -0.1) is 0 Å². The third kappa shape index (κ3) is 3.60. The van der Waals surface area contributed by atoms with E-state index in [1.165, 1.54) is 5.56 Å². The predicted octanol–water partition coefficient (Wildman–Crippen LogP) is -0.196. The summed E-state index contributed by atoms with van der Waals surface area (Å²) in [6.07, 6.45) is 0. The summed E-state index contributed by atoms with van der Waals surface area (Å²) < 4.78 is 0. The van der Waals surface area contributed by atoms with Gasteiger partial charge < -0.3 is 11.0 Å². The molecule has 0 aliphatic carbocycles. The summed E-state index contributed by atoms with van der Waals surface area (Å²) in [7, 11) is 0. The Bertz CT molecular complexity index is 198. The number of aromatic nitrogens is 2. The van der Waals surface area contributed by atoms with Crippen molar-refractivity contribution in [3.8, 4) is 0 Å². The van der Waals surface area contributed by atoms with Gasteiger partial charge in [0.05, 0.1) is 5.69 Å². The molecular formula is C6H14CuN2O2S+2. The average molecular weight is 242 g/mol. The van der Waals surface area contributed by atoms with Gasteiger partial charge in [0, 0.05) is 17.0 Å². The molecule has 6 heteroatoms. The van der Waals surface area contributed by atoms with Crippen molar-refractivity contribution in [3.63, 3.8) is 0 Å². The fourth-order valence-corrected chi connectivity index (χ4v) is 1.27. The van der Waals surface area contributed by atoms with E-state index >= 15 is 0 Å². The zero-order valence-electron chi connectivity index (χ0n) is 6.90. The van der Waals surface area contributed by atoms with E-state index in [1.807, 2.05) is 13.8 Å². The van der Waals surface area contributed by atoms with E-state index in [1.54, 1.807) is 0 Å². The normalized spacial score (nSPS) is 7.58. The Morgan fingerprint density at radius 2 is 1.83 bits per heavy atom. The first-order valence-corrected chi connectivity index (χ1v) is 3.50. The molecule has 1 radical (unpaired) electrons. The van der Waals surface area contributed by atoms with E-state index in [-0.39, 0.29) is 28.0 Å². The molecule has 0 atom stereocenters. The summed E-state index contributed by atoms with van der Waals surface area (Å²) in [4.78, 5) is 0. The van der Waals surface area contributed by atoms with Crippen LogP contribution in [0.4, 0.5) is 0 Å². The summed E-state index contributed by atoms with van der Waals surface area (Å²) in [5.74, 6) is 0.772. The minimum atomic E-state index is 0. The summed E-state index contributed by atoms with van der Waals surface area (Å²) in [6.45, 7) is 3.99. The van der Waals surface area contributed by atoms with Crippen molar-refractivity contribution in [2.24, 2.45) is 0 Å². The van der Waals surface area contributed by atoms with Crippen molar-refractivity contribution in [1.29, 1.82) is 0 Å². The number of aromatic amines is 1. The number of rotatable bonds is 1. The SMILES string of the molecule is Cc1n[nH]c(C)c1CS.O.O.[Cu+2]. The fourth-order valence-electron chi connectivity index (χ4n) is 0.807. The van der Waals surface area contributed by atoms with Gasteiger partial charge in [-0.05, 0) is 13.8 Å². The van der Waals surface area contributed by atoms with Crippen molar-refractivity contribution >= 4 is 12.6 Å². The first-order valence-electron chi connectivity index (χ1n) is 2.87. The maximum absolute atomic E-state index is 4.16. The molecule has 75 valence electrons. The van der Waals surface area contributed by atoms with Crippen LogP contribution in [0.5, 0.6) is 0 Å². The van der Waals surface area contributed by atoms with E-state index < -0.39 is 0 Å². The molecule has 0 unspecified atom stereocenters. The van der Waals surface area contributed by atoms with Gasteiger partial charge in [-0.1, -0.05) is 0 Å². The van der Waals surface area contributed by atoms with Crippen LogP contribution in [0.1, 0.15) is 17.0 Å². The van der Waals surface area contributed by atoms with Gasteiger partial charge in [0.25, 0.3) is 0 Å². The Hall–Kier alpha value is -0.000519. The molecule has 1 aromatic heterocycles. The number of nitrogens with one attached hydrogen (secondary N) is 1. The molecule has 1 aromatic rings. The zero-order chi connectivity index (χ0) is 6.85. The Morgan fingerprint density at radius 1 is 1.33 bits per heavy atom. The van der Waals surface area contributed by atoms with Crippen LogP contribution in [0.25, 0.3) is 0 Å². The third-order valence-corrected chi connectivity index (χ3v) is 1.76. The second-order valence-electron chi connectivity index (χ2n) is 2.07. The molecule has 0 aromatic carbocycles. The van der Waals surface area contributed by atoms with E-state index in [0.29, 0.717) is 0 Å². The number of hydrogen-bond donors (Lipinski definition) is 2. The second-order valence-corrected chi connectivity index (χ2v) is 2.39. The van der Waals surface area contributed by atoms with Gasteiger partial charge in [-0.2, -0.15) is 17.7 Å². The van der Waals surface area contributed by atoms with Crippen LogP contribution >= 0.6 is 12.6 Å². The van der Waals surface area contributed by atoms with Crippen molar-refractivity contribution < 1.29 is 28.0 Å². The average Bonchev–Trinajstić information content (AvgIpc) is 2.12. The van der Waals surface area contributed by atoms with Crippen LogP contribution in [0, 0.1) is 13.8 Å². The van der Waals surface area contributed by atoms with Gasteiger partial charge in [0.15, 0.2) is 0 Å². The predicted molar refractivity (Wildman–Crippen MR) is 48.0 cm³/mol. The number of aryl methyl sites for hydroxylation is 2. The quantitative estimate of drug-likeness (QED) is 0.518. The number of thiol groups is 1. The van der Waals surface area contributed by atoms with Crippen LogP contribution in [-0.4, -0.2) is 21.1 Å². The monoisotopic (exact) mass is 241 g/mol. The van der Waals surface area contributed by atoms with Crippen LogP contribution in [0.15, 0.2) is 0 Å². The van der Waals surface area contributed by atoms with Gasteiger partial charge in [0.2, 0.25) is 0 Å². The second kappa shape index (κ2) is 7.64. The molecule has 0 spiro atoms. The molecule has 0 saturated heterocycles. The van der Waals surface area contributed by atoms with Crippen LogP contribution in [0.3, 0.4) is 0 Å². The molecule has 1 heterocycles. The van der Waals surface area contributed by atoms with Gasteiger partial charge in [-0.3, -0.25) is 5.10 Å². The van der Waals surface area contributed by atoms with Gasteiger partial charge in [-0.25, -0.2) is 0 Å². The van der Waals surface area contributed by atoms with Crippen LogP contribution in [-0.2, 0) is 22.8 Å². The van der Waals surface area contributed by atoms with Crippen molar-refractivity contribution in [2.45, 2.75) is 19.6 Å². The number of H-pyrrole nitrogens is 1. The maximum atomic E-state index is 4.16. The number of nitrogens with zero attached hydrogens (tertiary/aromatic N) is 1. The van der Waals surface area contributed by atoms with Crippen LogP contribution in [0.2, 0.25) is 0 Å². The summed E-state index contributed by atoms with van der Waals surface area (Å²) in [5, 5.41) is 6.90. The molecule has 4 nitrogen and oxygen atoms in total. The Kier molecular flexibility index (Phi) is 11.4. The van der Waals surface area contributed by atoms with Crippen molar-refractivity contribution in [2.75, 3.05) is 0 Å². The molecule has 0 amide bonds. The van der Waals surface area contributed by atoms with E-state index in [4.69, 9.17) is 0 Å². The molecule has 12 heavy (non-hydrogen) atoms. The van der Waals surface area contributed by atoms with Crippen molar-refractivity contribution in [1.82, 2.24) is 10.2 Å². The molecule has 0 aliphatic heterocycles. The third-order valence-electron chi connectivity index (χ3n) is 1.44. The molecule has 0 bridgehead atoms. The standard InChI is InChI=1S/C6H10N2S.Cu.2H2O/c1-4-6(3-9)5(2)8-7-4;;;/h9H,3H2,1-2H3,(H,7,8);;2*1H2/q;+2;;. The molecule has 0 aliphatic rings. The Labute approximate surface area is 87.6 Å².